The van der Waals surface area contributed by atoms with Crippen molar-refractivity contribution in [1.29, 1.82) is 0 Å². The summed E-state index contributed by atoms with van der Waals surface area (Å²) in [5, 5.41) is 1.75. The molecular formula is C18H22N2O3S2. The largest absolute Gasteiger partial charge is 0.339 e. The third kappa shape index (κ3) is 4.11. The van der Waals surface area contributed by atoms with Gasteiger partial charge in [0.25, 0.3) is 5.91 Å². The van der Waals surface area contributed by atoms with Crippen molar-refractivity contribution in [1.82, 2.24) is 9.62 Å². The van der Waals surface area contributed by atoms with Gasteiger partial charge in [0.15, 0.2) is 0 Å². The van der Waals surface area contributed by atoms with Crippen molar-refractivity contribution in [2.45, 2.75) is 36.9 Å². The summed E-state index contributed by atoms with van der Waals surface area (Å²) in [6, 6.07) is 9.08. The molecule has 1 fully saturated rings. The van der Waals surface area contributed by atoms with Crippen LogP contribution in [0.1, 0.15) is 34.3 Å². The number of hydrogen-bond donors (Lipinski definition) is 1. The van der Waals surface area contributed by atoms with Crippen LogP contribution in [0.4, 0.5) is 0 Å². The number of thiophene rings is 1. The second-order valence-corrected chi connectivity index (χ2v) is 9.33. The van der Waals surface area contributed by atoms with Gasteiger partial charge in [0.2, 0.25) is 10.0 Å². The van der Waals surface area contributed by atoms with Crippen LogP contribution in [0.2, 0.25) is 0 Å². The van der Waals surface area contributed by atoms with E-state index in [1.165, 1.54) is 11.3 Å². The highest BCUT2D eigenvalue weighted by Gasteiger charge is 2.28. The van der Waals surface area contributed by atoms with E-state index in [0.717, 1.165) is 16.7 Å². The Labute approximate surface area is 152 Å². The molecule has 1 aliphatic heterocycles. The molecule has 0 spiro atoms. The second-order valence-electron chi connectivity index (χ2n) is 6.44. The molecule has 1 N–H and O–H groups in total. The van der Waals surface area contributed by atoms with E-state index in [-0.39, 0.29) is 11.9 Å². The van der Waals surface area contributed by atoms with Gasteiger partial charge in [-0.15, -0.1) is 11.3 Å². The van der Waals surface area contributed by atoms with Crippen molar-refractivity contribution in [3.8, 4) is 0 Å². The number of aryl methyl sites for hydroxylation is 2. The Hall–Kier alpha value is -1.70. The molecule has 2 aromatic rings. The summed E-state index contributed by atoms with van der Waals surface area (Å²) < 4.78 is 27.7. The lowest BCUT2D eigenvalue weighted by atomic mass is 10.0. The summed E-state index contributed by atoms with van der Waals surface area (Å²) in [7, 11) is -3.45. The van der Waals surface area contributed by atoms with E-state index in [9.17, 15) is 13.2 Å². The van der Waals surface area contributed by atoms with Crippen LogP contribution in [0.5, 0.6) is 0 Å². The zero-order chi connectivity index (χ0) is 18.0. The highest BCUT2D eigenvalue weighted by Crippen LogP contribution is 2.20. The van der Waals surface area contributed by atoms with Crippen LogP contribution >= 0.6 is 11.3 Å². The third-order valence-corrected chi connectivity index (χ3v) is 7.41. The van der Waals surface area contributed by atoms with Crippen LogP contribution in [0.3, 0.4) is 0 Å². The highest BCUT2D eigenvalue weighted by molar-refractivity contribution is 7.91. The molecule has 1 amide bonds. The quantitative estimate of drug-likeness (QED) is 0.889. The summed E-state index contributed by atoms with van der Waals surface area (Å²) in [6.07, 6.45) is 1.25. The number of rotatable bonds is 4. The van der Waals surface area contributed by atoms with Gasteiger partial charge in [-0.2, -0.15) is 0 Å². The van der Waals surface area contributed by atoms with Crippen molar-refractivity contribution >= 4 is 27.3 Å². The molecule has 0 radical (unpaired) electrons. The predicted molar refractivity (Wildman–Crippen MR) is 99.5 cm³/mol. The van der Waals surface area contributed by atoms with Crippen LogP contribution in [0.15, 0.2) is 39.9 Å². The number of sulfonamides is 1. The van der Waals surface area contributed by atoms with Crippen molar-refractivity contribution in [3.05, 3.63) is 52.4 Å². The zero-order valence-corrected chi connectivity index (χ0v) is 16.0. The molecule has 1 aromatic carbocycles. The summed E-state index contributed by atoms with van der Waals surface area (Å²) in [6.45, 7) is 5.03. The summed E-state index contributed by atoms with van der Waals surface area (Å²) >= 11 is 1.21. The van der Waals surface area contributed by atoms with Gasteiger partial charge in [-0.1, -0.05) is 23.8 Å². The Morgan fingerprint density at radius 3 is 2.56 bits per heavy atom. The first kappa shape index (κ1) is 18.1. The number of nitrogens with zero attached hydrogens (tertiary/aromatic N) is 1. The number of hydrogen-bond acceptors (Lipinski definition) is 4. The molecule has 0 bridgehead atoms. The molecule has 0 atom stereocenters. The minimum absolute atomic E-state index is 0.0285. The normalized spacial score (nSPS) is 16.2. The molecule has 1 aliphatic rings. The maximum Gasteiger partial charge on any atom is 0.254 e. The van der Waals surface area contributed by atoms with E-state index < -0.39 is 10.0 Å². The van der Waals surface area contributed by atoms with Gasteiger partial charge in [-0.05, 0) is 49.8 Å². The number of piperidine rings is 1. The Kier molecular flexibility index (Phi) is 5.27. The minimum atomic E-state index is -3.45. The highest BCUT2D eigenvalue weighted by atomic mass is 32.2. The molecule has 7 heteroatoms. The number of carbonyl (C=O) groups is 1. The molecule has 0 saturated carbocycles. The fraction of sp³-hybridized carbons (Fsp3) is 0.389. The molecule has 3 rings (SSSR count). The van der Waals surface area contributed by atoms with Gasteiger partial charge in [0, 0.05) is 24.7 Å². The fourth-order valence-corrected chi connectivity index (χ4v) is 5.35. The first-order valence-corrected chi connectivity index (χ1v) is 10.7. The summed E-state index contributed by atoms with van der Waals surface area (Å²) in [4.78, 5) is 14.6. The van der Waals surface area contributed by atoms with Gasteiger partial charge in [-0.3, -0.25) is 4.79 Å². The Bertz CT molecular complexity index is 852. The number of benzene rings is 1. The molecule has 134 valence electrons. The maximum absolute atomic E-state index is 12.7. The average Bonchev–Trinajstić information content (AvgIpc) is 3.12. The lowest BCUT2D eigenvalue weighted by molar-refractivity contribution is 0.0710. The fourth-order valence-electron chi connectivity index (χ4n) is 3.03. The number of nitrogens with one attached hydrogen (secondary N) is 1. The Morgan fingerprint density at radius 2 is 1.92 bits per heavy atom. The summed E-state index contributed by atoms with van der Waals surface area (Å²) in [5.41, 5.74) is 2.77. The van der Waals surface area contributed by atoms with Gasteiger partial charge >= 0.3 is 0 Å². The van der Waals surface area contributed by atoms with Crippen molar-refractivity contribution in [3.63, 3.8) is 0 Å². The standard InChI is InChI=1S/C18H22N2O3S2/c1-13-5-6-14(2)16(12-13)18(21)20-9-7-15(8-10-20)19-25(22,23)17-4-3-11-24-17/h3-6,11-12,15,19H,7-10H2,1-2H3. The van der Waals surface area contributed by atoms with Gasteiger partial charge in [0.1, 0.15) is 4.21 Å². The number of likely N-dealkylation sites (tertiary alicyclic amines) is 1. The zero-order valence-electron chi connectivity index (χ0n) is 14.4. The molecule has 0 aliphatic carbocycles. The Morgan fingerprint density at radius 1 is 1.20 bits per heavy atom. The third-order valence-electron chi connectivity index (χ3n) is 4.49. The van der Waals surface area contributed by atoms with Crippen LogP contribution in [0, 0.1) is 13.8 Å². The lowest BCUT2D eigenvalue weighted by Crippen LogP contribution is -2.46. The van der Waals surface area contributed by atoms with E-state index in [2.05, 4.69) is 4.72 Å². The van der Waals surface area contributed by atoms with Gasteiger partial charge in [-0.25, -0.2) is 13.1 Å². The van der Waals surface area contributed by atoms with E-state index in [0.29, 0.717) is 30.1 Å². The number of amides is 1. The van der Waals surface area contributed by atoms with Crippen LogP contribution in [0.25, 0.3) is 0 Å². The van der Waals surface area contributed by atoms with E-state index in [1.807, 2.05) is 36.9 Å². The predicted octanol–water partition coefficient (Wildman–Crippen LogP) is 2.95. The van der Waals surface area contributed by atoms with Gasteiger partial charge < -0.3 is 4.90 Å². The monoisotopic (exact) mass is 378 g/mol. The van der Waals surface area contributed by atoms with Gasteiger partial charge in [0.05, 0.1) is 0 Å². The molecule has 2 heterocycles. The minimum Gasteiger partial charge on any atom is -0.339 e. The Balaban J connectivity index is 1.62. The van der Waals surface area contributed by atoms with Crippen molar-refractivity contribution in [2.75, 3.05) is 13.1 Å². The molecule has 1 aromatic heterocycles. The molecule has 5 nitrogen and oxygen atoms in total. The maximum atomic E-state index is 12.7. The first-order chi connectivity index (χ1) is 11.9. The second kappa shape index (κ2) is 7.27. The van der Waals surface area contributed by atoms with E-state index >= 15 is 0 Å². The molecule has 25 heavy (non-hydrogen) atoms. The van der Waals surface area contributed by atoms with Crippen LogP contribution in [-0.4, -0.2) is 38.4 Å². The molecular weight excluding hydrogens is 356 g/mol. The SMILES string of the molecule is Cc1ccc(C)c(C(=O)N2CCC(NS(=O)(=O)c3cccs3)CC2)c1. The average molecular weight is 379 g/mol. The van der Waals surface area contributed by atoms with Crippen LogP contribution in [-0.2, 0) is 10.0 Å². The lowest BCUT2D eigenvalue weighted by Gasteiger charge is -2.32. The van der Waals surface area contributed by atoms with Crippen LogP contribution < -0.4 is 4.72 Å². The molecule has 0 unspecified atom stereocenters. The first-order valence-electron chi connectivity index (χ1n) is 8.29. The van der Waals surface area contributed by atoms with E-state index in [1.54, 1.807) is 17.5 Å². The van der Waals surface area contributed by atoms with Crippen molar-refractivity contribution < 1.29 is 13.2 Å². The summed E-state index contributed by atoms with van der Waals surface area (Å²) in [5.74, 6) is 0.0285. The van der Waals surface area contributed by atoms with E-state index in [4.69, 9.17) is 0 Å². The van der Waals surface area contributed by atoms with Crippen molar-refractivity contribution in [2.24, 2.45) is 0 Å². The smallest absolute Gasteiger partial charge is 0.254 e. The topological polar surface area (TPSA) is 66.5 Å². The number of carbonyl (C=O) groups excluding carboxylic acids is 1. The molecule has 1 saturated heterocycles.